The van der Waals surface area contributed by atoms with Crippen LogP contribution in [0.5, 0.6) is 0 Å². The highest BCUT2D eigenvalue weighted by Crippen LogP contribution is 2.26. The van der Waals surface area contributed by atoms with E-state index in [1.54, 1.807) is 0 Å². The predicted octanol–water partition coefficient (Wildman–Crippen LogP) is 3.85. The summed E-state index contributed by atoms with van der Waals surface area (Å²) in [7, 11) is 0. The molecule has 0 heterocycles. The van der Waals surface area contributed by atoms with Crippen molar-refractivity contribution in [2.75, 3.05) is 18.9 Å². The lowest BCUT2D eigenvalue weighted by atomic mass is 10.00. The number of rotatable bonds is 9. The van der Waals surface area contributed by atoms with Crippen LogP contribution in [0, 0.1) is 13.8 Å². The zero-order valence-corrected chi connectivity index (χ0v) is 14.1. The van der Waals surface area contributed by atoms with Crippen LogP contribution in [0.2, 0.25) is 0 Å². The molecule has 3 heteroatoms. The van der Waals surface area contributed by atoms with Gasteiger partial charge in [-0.3, -0.25) is 0 Å². The molecule has 0 radical (unpaired) electrons. The summed E-state index contributed by atoms with van der Waals surface area (Å²) in [4.78, 5) is 0. The van der Waals surface area contributed by atoms with Crippen LogP contribution in [-0.2, 0) is 0 Å². The van der Waals surface area contributed by atoms with Gasteiger partial charge in [-0.15, -0.1) is 0 Å². The molecule has 2 unspecified atom stereocenters. The highest BCUT2D eigenvalue weighted by atomic mass is 32.2. The van der Waals surface area contributed by atoms with Gasteiger partial charge in [-0.1, -0.05) is 37.6 Å². The van der Waals surface area contributed by atoms with Crippen LogP contribution >= 0.6 is 11.8 Å². The zero-order chi connectivity index (χ0) is 15.0. The average molecular weight is 295 g/mol. The zero-order valence-electron chi connectivity index (χ0n) is 13.3. The summed E-state index contributed by atoms with van der Waals surface area (Å²) in [6.07, 6.45) is 2.02. The van der Waals surface area contributed by atoms with Crippen molar-refractivity contribution in [3.63, 3.8) is 0 Å². The molecule has 0 aliphatic carbocycles. The number of aliphatic hydroxyl groups is 1. The molecule has 2 nitrogen and oxygen atoms in total. The first-order valence-corrected chi connectivity index (χ1v) is 8.66. The summed E-state index contributed by atoms with van der Waals surface area (Å²) < 4.78 is 0. The number of aryl methyl sites for hydroxylation is 2. The van der Waals surface area contributed by atoms with Crippen LogP contribution in [0.3, 0.4) is 0 Å². The quantitative estimate of drug-likeness (QED) is 0.726. The van der Waals surface area contributed by atoms with Crippen molar-refractivity contribution in [1.82, 2.24) is 5.32 Å². The van der Waals surface area contributed by atoms with Gasteiger partial charge in [0.1, 0.15) is 0 Å². The number of thioether (sulfide) groups is 1. The van der Waals surface area contributed by atoms with Gasteiger partial charge in [-0.2, -0.15) is 11.8 Å². The molecule has 2 N–H and O–H groups in total. The van der Waals surface area contributed by atoms with Gasteiger partial charge in [0.2, 0.25) is 0 Å². The first kappa shape index (κ1) is 17.5. The summed E-state index contributed by atoms with van der Waals surface area (Å²) in [6, 6.07) is 7.10. The fourth-order valence-corrected chi connectivity index (χ4v) is 3.33. The molecule has 2 atom stereocenters. The van der Waals surface area contributed by atoms with Crippen molar-refractivity contribution >= 4 is 11.8 Å². The van der Waals surface area contributed by atoms with E-state index in [4.69, 9.17) is 5.11 Å². The number of benzene rings is 1. The Balaban J connectivity index is 2.74. The number of hydrogen-bond donors (Lipinski definition) is 2. The maximum absolute atomic E-state index is 9.01. The molecule has 0 bridgehead atoms. The Bertz CT molecular complexity index is 395. The van der Waals surface area contributed by atoms with E-state index >= 15 is 0 Å². The van der Waals surface area contributed by atoms with E-state index in [9.17, 15) is 0 Å². The van der Waals surface area contributed by atoms with Gasteiger partial charge in [-0.05, 0) is 44.4 Å². The Kier molecular flexibility index (Phi) is 8.27. The largest absolute Gasteiger partial charge is 0.396 e. The molecular formula is C17H29NOS. The molecular weight excluding hydrogens is 266 g/mol. The molecule has 1 aromatic carbocycles. The summed E-state index contributed by atoms with van der Waals surface area (Å²) in [5, 5.41) is 13.2. The van der Waals surface area contributed by atoms with Crippen molar-refractivity contribution in [3.05, 3.63) is 34.9 Å². The lowest BCUT2D eigenvalue weighted by Crippen LogP contribution is -2.25. The van der Waals surface area contributed by atoms with E-state index in [1.807, 2.05) is 11.8 Å². The molecule has 0 spiro atoms. The maximum atomic E-state index is 9.01. The number of aliphatic hydroxyl groups excluding tert-OH is 1. The Morgan fingerprint density at radius 2 is 2.05 bits per heavy atom. The standard InChI is InChI=1S/C17H29NOS/c1-5-9-18-17(12-20-15(4)8-10-19)16-11-13(2)6-7-14(16)3/h6-7,11,15,17-19H,5,8-10,12H2,1-4H3. The third kappa shape index (κ3) is 5.86. The second-order valence-corrected chi connectivity index (χ2v) is 6.99. The molecule has 0 saturated carbocycles. The topological polar surface area (TPSA) is 32.3 Å². The van der Waals surface area contributed by atoms with Gasteiger partial charge in [-0.25, -0.2) is 0 Å². The summed E-state index contributed by atoms with van der Waals surface area (Å²) in [5.41, 5.74) is 4.10. The Hall–Kier alpha value is -0.510. The minimum atomic E-state index is 0.282. The molecule has 0 fully saturated rings. The molecule has 0 aliphatic heterocycles. The van der Waals surface area contributed by atoms with E-state index in [1.165, 1.54) is 16.7 Å². The molecule has 0 amide bonds. The van der Waals surface area contributed by atoms with Crippen LogP contribution in [-0.4, -0.2) is 29.3 Å². The molecule has 1 aromatic rings. The number of nitrogens with one attached hydrogen (secondary N) is 1. The van der Waals surface area contributed by atoms with Crippen LogP contribution in [0.15, 0.2) is 18.2 Å². The molecule has 0 aliphatic rings. The second-order valence-electron chi connectivity index (χ2n) is 5.52. The van der Waals surface area contributed by atoms with Gasteiger partial charge in [0.25, 0.3) is 0 Å². The van der Waals surface area contributed by atoms with Gasteiger partial charge in [0.05, 0.1) is 0 Å². The summed E-state index contributed by atoms with van der Waals surface area (Å²) >= 11 is 1.95. The van der Waals surface area contributed by atoms with Crippen molar-refractivity contribution in [3.8, 4) is 0 Å². The van der Waals surface area contributed by atoms with Crippen molar-refractivity contribution in [2.24, 2.45) is 0 Å². The first-order chi connectivity index (χ1) is 9.58. The maximum Gasteiger partial charge on any atom is 0.0441 e. The lowest BCUT2D eigenvalue weighted by molar-refractivity contribution is 0.289. The van der Waals surface area contributed by atoms with E-state index in [0.29, 0.717) is 11.3 Å². The van der Waals surface area contributed by atoms with Crippen molar-refractivity contribution in [2.45, 2.75) is 51.8 Å². The first-order valence-electron chi connectivity index (χ1n) is 7.61. The van der Waals surface area contributed by atoms with Crippen molar-refractivity contribution in [1.29, 1.82) is 0 Å². The lowest BCUT2D eigenvalue weighted by Gasteiger charge is -2.23. The van der Waals surface area contributed by atoms with Crippen LogP contribution in [0.4, 0.5) is 0 Å². The fourth-order valence-electron chi connectivity index (χ4n) is 2.24. The fraction of sp³-hybridized carbons (Fsp3) is 0.647. The Morgan fingerprint density at radius 3 is 2.70 bits per heavy atom. The smallest absolute Gasteiger partial charge is 0.0441 e. The van der Waals surface area contributed by atoms with Gasteiger partial charge in [0, 0.05) is 23.7 Å². The number of hydrogen-bond acceptors (Lipinski definition) is 3. The highest BCUT2D eigenvalue weighted by Gasteiger charge is 2.15. The highest BCUT2D eigenvalue weighted by molar-refractivity contribution is 7.99. The van der Waals surface area contributed by atoms with Crippen LogP contribution in [0.1, 0.15) is 49.4 Å². The van der Waals surface area contributed by atoms with Gasteiger partial charge < -0.3 is 10.4 Å². The van der Waals surface area contributed by atoms with E-state index < -0.39 is 0 Å². The van der Waals surface area contributed by atoms with Crippen molar-refractivity contribution < 1.29 is 5.11 Å². The normalized spacial score (nSPS) is 14.2. The van der Waals surface area contributed by atoms with Crippen LogP contribution in [0.25, 0.3) is 0 Å². The third-order valence-corrected chi connectivity index (χ3v) is 4.86. The van der Waals surface area contributed by atoms with E-state index in [-0.39, 0.29) is 6.61 Å². The SMILES string of the molecule is CCCNC(CSC(C)CCO)c1cc(C)ccc1C. The Morgan fingerprint density at radius 1 is 1.30 bits per heavy atom. The third-order valence-electron chi connectivity index (χ3n) is 3.53. The van der Waals surface area contributed by atoms with Gasteiger partial charge >= 0.3 is 0 Å². The van der Waals surface area contributed by atoms with Crippen LogP contribution < -0.4 is 5.32 Å². The predicted molar refractivity (Wildman–Crippen MR) is 90.6 cm³/mol. The molecule has 1 rings (SSSR count). The minimum Gasteiger partial charge on any atom is -0.396 e. The summed E-state index contributed by atoms with van der Waals surface area (Å²) in [5.74, 6) is 1.06. The average Bonchev–Trinajstić information content (AvgIpc) is 2.42. The molecule has 114 valence electrons. The second kappa shape index (κ2) is 9.43. The molecule has 0 aromatic heterocycles. The van der Waals surface area contributed by atoms with Gasteiger partial charge in [0.15, 0.2) is 0 Å². The molecule has 0 saturated heterocycles. The minimum absolute atomic E-state index is 0.282. The van der Waals surface area contributed by atoms with E-state index in [0.717, 1.165) is 25.1 Å². The summed E-state index contributed by atoms with van der Waals surface area (Å²) in [6.45, 7) is 10.1. The monoisotopic (exact) mass is 295 g/mol. The molecule has 20 heavy (non-hydrogen) atoms. The van der Waals surface area contributed by atoms with E-state index in [2.05, 4.69) is 51.2 Å². The Labute approximate surface area is 128 Å².